The van der Waals surface area contributed by atoms with Crippen LogP contribution in [0.25, 0.3) is 0 Å². The Labute approximate surface area is 170 Å². The molecular formula is C21H14ClIO3. The smallest absolute Gasteiger partial charge is 0.339 e. The fraction of sp³-hybridized carbons (Fsp3) is 0.0476. The van der Waals surface area contributed by atoms with Crippen LogP contribution in [0.1, 0.15) is 32.4 Å². The molecule has 0 aliphatic carbocycles. The summed E-state index contributed by atoms with van der Waals surface area (Å²) in [6.45, 7) is 0. The van der Waals surface area contributed by atoms with Crippen LogP contribution in [-0.4, -0.2) is 11.8 Å². The molecule has 1 unspecified atom stereocenters. The van der Waals surface area contributed by atoms with E-state index in [1.54, 1.807) is 66.7 Å². The van der Waals surface area contributed by atoms with Crippen molar-refractivity contribution in [2.75, 3.05) is 0 Å². The molecule has 1 atom stereocenters. The molecule has 0 spiro atoms. The molecular weight excluding hydrogens is 463 g/mol. The highest BCUT2D eigenvalue weighted by Crippen LogP contribution is 2.25. The van der Waals surface area contributed by atoms with Crippen molar-refractivity contribution >= 4 is 45.9 Å². The quantitative estimate of drug-likeness (QED) is 0.268. The number of ketones is 1. The normalized spacial score (nSPS) is 11.6. The summed E-state index contributed by atoms with van der Waals surface area (Å²) in [4.78, 5) is 25.5. The number of benzene rings is 3. The van der Waals surface area contributed by atoms with Gasteiger partial charge >= 0.3 is 5.97 Å². The van der Waals surface area contributed by atoms with E-state index >= 15 is 0 Å². The first-order chi connectivity index (χ1) is 12.5. The van der Waals surface area contributed by atoms with E-state index in [0.717, 1.165) is 3.57 Å². The third-order valence-corrected chi connectivity index (χ3v) is 4.68. The van der Waals surface area contributed by atoms with Crippen molar-refractivity contribution in [1.29, 1.82) is 0 Å². The van der Waals surface area contributed by atoms with Gasteiger partial charge in [0, 0.05) is 19.7 Å². The molecule has 0 bridgehead atoms. The van der Waals surface area contributed by atoms with Crippen molar-refractivity contribution in [3.8, 4) is 0 Å². The van der Waals surface area contributed by atoms with Crippen LogP contribution >= 0.6 is 34.2 Å². The first-order valence-corrected chi connectivity index (χ1v) is 9.31. The minimum atomic E-state index is -1.03. The Morgan fingerprint density at radius 1 is 0.846 bits per heavy atom. The Morgan fingerprint density at radius 2 is 1.54 bits per heavy atom. The van der Waals surface area contributed by atoms with Crippen LogP contribution in [0.4, 0.5) is 0 Å². The second-order valence-corrected chi connectivity index (χ2v) is 7.26. The minimum Gasteiger partial charge on any atom is -0.445 e. The largest absolute Gasteiger partial charge is 0.445 e. The first kappa shape index (κ1) is 18.6. The zero-order valence-electron chi connectivity index (χ0n) is 13.6. The number of ether oxygens (including phenoxy) is 1. The number of halogens is 2. The van der Waals surface area contributed by atoms with Crippen LogP contribution < -0.4 is 0 Å². The van der Waals surface area contributed by atoms with Gasteiger partial charge in [-0.1, -0.05) is 48.0 Å². The molecule has 3 aromatic carbocycles. The van der Waals surface area contributed by atoms with Gasteiger partial charge in [0.05, 0.1) is 5.56 Å². The second-order valence-electron chi connectivity index (χ2n) is 5.58. The summed E-state index contributed by atoms with van der Waals surface area (Å²) in [5.41, 5.74) is 1.45. The van der Waals surface area contributed by atoms with Gasteiger partial charge in [-0.05, 0) is 65.1 Å². The van der Waals surface area contributed by atoms with Gasteiger partial charge < -0.3 is 4.74 Å². The van der Waals surface area contributed by atoms with Crippen molar-refractivity contribution in [1.82, 2.24) is 0 Å². The lowest BCUT2D eigenvalue weighted by Gasteiger charge is -2.17. The molecule has 0 radical (unpaired) electrons. The molecule has 0 saturated heterocycles. The molecule has 0 heterocycles. The fourth-order valence-corrected chi connectivity index (χ4v) is 3.13. The molecule has 0 N–H and O–H groups in total. The standard InChI is InChI=1S/C21H14ClIO3/c22-17-11-9-14(10-12-17)19(24)20(15-5-2-1-3-6-15)26-21(25)16-7-4-8-18(23)13-16/h1-13,20H. The summed E-state index contributed by atoms with van der Waals surface area (Å²) in [7, 11) is 0. The summed E-state index contributed by atoms with van der Waals surface area (Å²) in [5, 5.41) is 0.536. The Kier molecular flexibility index (Phi) is 6.06. The maximum atomic E-state index is 13.0. The Balaban J connectivity index is 1.92. The van der Waals surface area contributed by atoms with Gasteiger partial charge in [0.2, 0.25) is 5.78 Å². The molecule has 3 rings (SSSR count). The maximum Gasteiger partial charge on any atom is 0.339 e. The highest BCUT2D eigenvalue weighted by Gasteiger charge is 2.26. The van der Waals surface area contributed by atoms with Crippen LogP contribution in [-0.2, 0) is 4.74 Å². The van der Waals surface area contributed by atoms with Gasteiger partial charge in [-0.2, -0.15) is 0 Å². The molecule has 0 fully saturated rings. The molecule has 5 heteroatoms. The second kappa shape index (κ2) is 8.47. The van der Waals surface area contributed by atoms with E-state index in [0.29, 0.717) is 21.7 Å². The molecule has 0 aliphatic rings. The van der Waals surface area contributed by atoms with Crippen LogP contribution in [0.15, 0.2) is 78.9 Å². The maximum absolute atomic E-state index is 13.0. The highest BCUT2D eigenvalue weighted by molar-refractivity contribution is 14.1. The van der Waals surface area contributed by atoms with Crippen LogP contribution in [0.3, 0.4) is 0 Å². The summed E-state index contributed by atoms with van der Waals surface area (Å²) < 4.78 is 6.51. The van der Waals surface area contributed by atoms with Crippen molar-refractivity contribution in [3.63, 3.8) is 0 Å². The highest BCUT2D eigenvalue weighted by atomic mass is 127. The van der Waals surface area contributed by atoms with Crippen molar-refractivity contribution < 1.29 is 14.3 Å². The predicted molar refractivity (Wildman–Crippen MR) is 110 cm³/mol. The number of hydrogen-bond acceptors (Lipinski definition) is 3. The van der Waals surface area contributed by atoms with Crippen molar-refractivity contribution in [2.24, 2.45) is 0 Å². The van der Waals surface area contributed by atoms with Gasteiger partial charge in [-0.25, -0.2) is 4.79 Å². The number of Topliss-reactive ketones (excluding diaryl/α,β-unsaturated/α-hetero) is 1. The molecule has 130 valence electrons. The van der Waals surface area contributed by atoms with E-state index in [4.69, 9.17) is 16.3 Å². The molecule has 0 aliphatic heterocycles. The van der Waals surface area contributed by atoms with Gasteiger partial charge in [0.1, 0.15) is 0 Å². The average Bonchev–Trinajstić information content (AvgIpc) is 2.66. The molecule has 0 amide bonds. The Morgan fingerprint density at radius 3 is 2.19 bits per heavy atom. The third kappa shape index (κ3) is 4.51. The third-order valence-electron chi connectivity index (χ3n) is 3.75. The van der Waals surface area contributed by atoms with Crippen LogP contribution in [0.2, 0.25) is 5.02 Å². The molecule has 3 aromatic rings. The summed E-state index contributed by atoms with van der Waals surface area (Å²) >= 11 is 8.02. The lowest BCUT2D eigenvalue weighted by Crippen LogP contribution is -2.20. The van der Waals surface area contributed by atoms with Crippen molar-refractivity contribution in [3.05, 3.63) is 104 Å². The molecule has 3 nitrogen and oxygen atoms in total. The van der Waals surface area contributed by atoms with Crippen LogP contribution in [0.5, 0.6) is 0 Å². The predicted octanol–water partition coefficient (Wildman–Crippen LogP) is 5.73. The summed E-state index contributed by atoms with van der Waals surface area (Å²) in [6.07, 6.45) is -1.03. The Bertz CT molecular complexity index is 924. The average molecular weight is 477 g/mol. The first-order valence-electron chi connectivity index (χ1n) is 7.86. The molecule has 0 aromatic heterocycles. The topological polar surface area (TPSA) is 43.4 Å². The number of carbonyl (C=O) groups is 2. The van der Waals surface area contributed by atoms with Crippen molar-refractivity contribution in [2.45, 2.75) is 6.10 Å². The van der Waals surface area contributed by atoms with E-state index in [1.807, 2.05) is 12.1 Å². The van der Waals surface area contributed by atoms with E-state index in [1.165, 1.54) is 0 Å². The van der Waals surface area contributed by atoms with Gasteiger partial charge in [-0.3, -0.25) is 4.79 Å². The van der Waals surface area contributed by atoms with Gasteiger partial charge in [-0.15, -0.1) is 0 Å². The number of hydrogen-bond donors (Lipinski definition) is 0. The number of esters is 1. The minimum absolute atomic E-state index is 0.299. The van der Waals surface area contributed by atoms with Crippen LogP contribution in [0, 0.1) is 3.57 Å². The van der Waals surface area contributed by atoms with E-state index < -0.39 is 12.1 Å². The van der Waals surface area contributed by atoms with E-state index in [9.17, 15) is 9.59 Å². The fourth-order valence-electron chi connectivity index (χ4n) is 2.46. The van der Waals surface area contributed by atoms with Gasteiger partial charge in [0.15, 0.2) is 6.10 Å². The lowest BCUT2D eigenvalue weighted by atomic mass is 9.99. The number of rotatable bonds is 5. The Hall–Kier alpha value is -2.18. The SMILES string of the molecule is O=C(OC(C(=O)c1ccc(Cl)cc1)c1ccccc1)c1cccc(I)c1. The molecule has 26 heavy (non-hydrogen) atoms. The zero-order chi connectivity index (χ0) is 18.5. The van der Waals surface area contributed by atoms with E-state index in [-0.39, 0.29) is 5.78 Å². The molecule has 0 saturated carbocycles. The summed E-state index contributed by atoms with van der Waals surface area (Å²) in [5.74, 6) is -0.841. The zero-order valence-corrected chi connectivity index (χ0v) is 16.5. The summed E-state index contributed by atoms with van der Waals surface area (Å²) in [6, 6.07) is 22.5. The number of carbonyl (C=O) groups excluding carboxylic acids is 2. The van der Waals surface area contributed by atoms with E-state index in [2.05, 4.69) is 22.6 Å². The monoisotopic (exact) mass is 476 g/mol. The lowest BCUT2D eigenvalue weighted by molar-refractivity contribution is 0.0280. The van der Waals surface area contributed by atoms with Gasteiger partial charge in [0.25, 0.3) is 0 Å².